The molecule has 1 amide bonds. The molecule has 4 N–H and O–H groups in total. The van der Waals surface area contributed by atoms with E-state index < -0.39 is 0 Å². The SMILES string of the molecule is Nc1cccc(N2CCN(C3CC3)C(=O)C2)c1N. The van der Waals surface area contributed by atoms with Crippen molar-refractivity contribution < 1.29 is 4.79 Å². The van der Waals surface area contributed by atoms with Gasteiger partial charge in [-0.05, 0) is 25.0 Å². The van der Waals surface area contributed by atoms with Crippen LogP contribution in [0.25, 0.3) is 0 Å². The molecule has 5 heteroatoms. The number of nitrogen functional groups attached to an aromatic ring is 2. The molecule has 0 spiro atoms. The first kappa shape index (κ1) is 11.2. The van der Waals surface area contributed by atoms with Crippen LogP contribution < -0.4 is 16.4 Å². The lowest BCUT2D eigenvalue weighted by molar-refractivity contribution is -0.131. The zero-order chi connectivity index (χ0) is 12.7. The van der Waals surface area contributed by atoms with E-state index in [1.54, 1.807) is 6.07 Å². The molecule has 5 nitrogen and oxygen atoms in total. The zero-order valence-corrected chi connectivity index (χ0v) is 10.3. The summed E-state index contributed by atoms with van der Waals surface area (Å²) in [4.78, 5) is 16.1. The van der Waals surface area contributed by atoms with Gasteiger partial charge in [-0.1, -0.05) is 6.07 Å². The van der Waals surface area contributed by atoms with Gasteiger partial charge in [-0.25, -0.2) is 0 Å². The molecule has 3 rings (SSSR count). The van der Waals surface area contributed by atoms with Gasteiger partial charge in [-0.3, -0.25) is 4.79 Å². The lowest BCUT2D eigenvalue weighted by atomic mass is 10.2. The first-order valence-electron chi connectivity index (χ1n) is 6.35. The number of hydrogen-bond donors (Lipinski definition) is 2. The Kier molecular flexibility index (Phi) is 2.54. The van der Waals surface area contributed by atoms with Gasteiger partial charge in [0.25, 0.3) is 0 Å². The lowest BCUT2D eigenvalue weighted by Crippen LogP contribution is -2.51. The number of piperazine rings is 1. The number of benzene rings is 1. The number of nitrogens with zero attached hydrogens (tertiary/aromatic N) is 2. The normalized spacial score (nSPS) is 20.3. The Labute approximate surface area is 106 Å². The van der Waals surface area contributed by atoms with Crippen LogP contribution in [0.15, 0.2) is 18.2 Å². The Balaban J connectivity index is 1.78. The summed E-state index contributed by atoms with van der Waals surface area (Å²) in [6.07, 6.45) is 2.32. The molecule has 18 heavy (non-hydrogen) atoms. The van der Waals surface area contributed by atoms with Crippen LogP contribution in [-0.2, 0) is 4.79 Å². The number of anilines is 3. The van der Waals surface area contributed by atoms with Crippen molar-refractivity contribution >= 4 is 23.0 Å². The van der Waals surface area contributed by atoms with Crippen LogP contribution in [0.2, 0.25) is 0 Å². The van der Waals surface area contributed by atoms with Crippen molar-refractivity contribution in [2.24, 2.45) is 0 Å². The summed E-state index contributed by atoms with van der Waals surface area (Å²) in [5.41, 5.74) is 13.8. The van der Waals surface area contributed by atoms with Crippen molar-refractivity contribution in [3.63, 3.8) is 0 Å². The van der Waals surface area contributed by atoms with Crippen molar-refractivity contribution in [2.75, 3.05) is 36.0 Å². The molecule has 0 bridgehead atoms. The van der Waals surface area contributed by atoms with Gasteiger partial charge in [-0.2, -0.15) is 0 Å². The molecular weight excluding hydrogens is 228 g/mol. The second-order valence-corrected chi connectivity index (χ2v) is 5.02. The van der Waals surface area contributed by atoms with E-state index in [-0.39, 0.29) is 5.91 Å². The van der Waals surface area contributed by atoms with Gasteiger partial charge in [0.2, 0.25) is 5.91 Å². The largest absolute Gasteiger partial charge is 0.397 e. The van der Waals surface area contributed by atoms with E-state index in [0.29, 0.717) is 24.0 Å². The molecule has 96 valence electrons. The quantitative estimate of drug-likeness (QED) is 0.752. The summed E-state index contributed by atoms with van der Waals surface area (Å²) in [5.74, 6) is 0.200. The minimum absolute atomic E-state index is 0.200. The second-order valence-electron chi connectivity index (χ2n) is 5.02. The summed E-state index contributed by atoms with van der Waals surface area (Å²) in [6, 6.07) is 6.07. The third-order valence-corrected chi connectivity index (χ3v) is 3.70. The molecule has 0 radical (unpaired) electrons. The average molecular weight is 246 g/mol. The third kappa shape index (κ3) is 1.85. The number of para-hydroxylation sites is 1. The van der Waals surface area contributed by atoms with Crippen LogP contribution in [0, 0.1) is 0 Å². The Bertz CT molecular complexity index is 484. The smallest absolute Gasteiger partial charge is 0.242 e. The average Bonchev–Trinajstić information content (AvgIpc) is 3.17. The second kappa shape index (κ2) is 4.08. The van der Waals surface area contributed by atoms with E-state index >= 15 is 0 Å². The van der Waals surface area contributed by atoms with Crippen molar-refractivity contribution in [2.45, 2.75) is 18.9 Å². The molecule has 0 unspecified atom stereocenters. The van der Waals surface area contributed by atoms with Crippen LogP contribution in [-0.4, -0.2) is 36.5 Å². The zero-order valence-electron chi connectivity index (χ0n) is 10.3. The van der Waals surface area contributed by atoms with Crippen molar-refractivity contribution in [1.29, 1.82) is 0 Å². The fourth-order valence-electron chi connectivity index (χ4n) is 2.51. The number of amides is 1. The maximum atomic E-state index is 12.1. The summed E-state index contributed by atoms with van der Waals surface area (Å²) >= 11 is 0. The number of carbonyl (C=O) groups excluding carboxylic acids is 1. The number of rotatable bonds is 2. The van der Waals surface area contributed by atoms with Crippen LogP contribution in [0.5, 0.6) is 0 Å². The maximum Gasteiger partial charge on any atom is 0.242 e. The van der Waals surface area contributed by atoms with Crippen molar-refractivity contribution in [3.8, 4) is 0 Å². The molecule has 0 aromatic heterocycles. The van der Waals surface area contributed by atoms with Gasteiger partial charge in [0.1, 0.15) is 0 Å². The monoisotopic (exact) mass is 246 g/mol. The molecule has 1 aromatic carbocycles. The molecule has 2 aliphatic rings. The summed E-state index contributed by atoms with van der Waals surface area (Å²) < 4.78 is 0. The van der Waals surface area contributed by atoms with E-state index in [0.717, 1.165) is 31.6 Å². The molecule has 1 saturated carbocycles. The Morgan fingerprint density at radius 3 is 2.61 bits per heavy atom. The van der Waals surface area contributed by atoms with Gasteiger partial charge in [0, 0.05) is 19.1 Å². The van der Waals surface area contributed by atoms with Crippen molar-refractivity contribution in [1.82, 2.24) is 4.90 Å². The fourth-order valence-corrected chi connectivity index (χ4v) is 2.51. The topological polar surface area (TPSA) is 75.6 Å². The van der Waals surface area contributed by atoms with Gasteiger partial charge >= 0.3 is 0 Å². The molecule has 1 aliphatic carbocycles. The number of carbonyl (C=O) groups is 1. The van der Waals surface area contributed by atoms with Crippen LogP contribution in [0.3, 0.4) is 0 Å². The van der Waals surface area contributed by atoms with E-state index in [1.807, 2.05) is 21.9 Å². The highest BCUT2D eigenvalue weighted by molar-refractivity contribution is 5.87. The van der Waals surface area contributed by atoms with Crippen molar-refractivity contribution in [3.05, 3.63) is 18.2 Å². The molecule has 1 aromatic rings. The molecule has 1 heterocycles. The van der Waals surface area contributed by atoms with Crippen LogP contribution in [0.4, 0.5) is 17.1 Å². The predicted octanol–water partition coefficient (Wildman–Crippen LogP) is 0.662. The molecular formula is C13H18N4O. The number of nitrogens with two attached hydrogens (primary N) is 2. The Morgan fingerprint density at radius 1 is 1.17 bits per heavy atom. The lowest BCUT2D eigenvalue weighted by Gasteiger charge is -2.36. The molecule has 0 atom stereocenters. The minimum atomic E-state index is 0.200. The molecule has 1 saturated heterocycles. The highest BCUT2D eigenvalue weighted by atomic mass is 16.2. The third-order valence-electron chi connectivity index (χ3n) is 3.70. The molecule has 2 fully saturated rings. The van der Waals surface area contributed by atoms with Gasteiger partial charge in [0.05, 0.1) is 23.6 Å². The predicted molar refractivity (Wildman–Crippen MR) is 72.2 cm³/mol. The minimum Gasteiger partial charge on any atom is -0.397 e. The Hall–Kier alpha value is -1.91. The molecule has 1 aliphatic heterocycles. The first-order chi connectivity index (χ1) is 8.66. The fraction of sp³-hybridized carbons (Fsp3) is 0.462. The summed E-state index contributed by atoms with van der Waals surface area (Å²) in [5, 5.41) is 0. The highest BCUT2D eigenvalue weighted by Gasteiger charge is 2.35. The van der Waals surface area contributed by atoms with E-state index in [1.165, 1.54) is 0 Å². The summed E-state index contributed by atoms with van der Waals surface area (Å²) in [6.45, 7) is 2.03. The first-order valence-corrected chi connectivity index (χ1v) is 6.35. The maximum absolute atomic E-state index is 12.1. The van der Waals surface area contributed by atoms with E-state index in [9.17, 15) is 4.79 Å². The standard InChI is InChI=1S/C13H18N4O/c14-10-2-1-3-11(13(10)15)16-6-7-17(9-4-5-9)12(18)8-16/h1-3,9H,4-8,14-15H2. The van der Waals surface area contributed by atoms with Gasteiger partial charge in [0.15, 0.2) is 0 Å². The number of hydrogen-bond acceptors (Lipinski definition) is 4. The van der Waals surface area contributed by atoms with E-state index in [4.69, 9.17) is 11.5 Å². The van der Waals surface area contributed by atoms with Gasteiger partial charge < -0.3 is 21.3 Å². The van der Waals surface area contributed by atoms with Gasteiger partial charge in [-0.15, -0.1) is 0 Å². The van der Waals surface area contributed by atoms with E-state index in [2.05, 4.69) is 0 Å². The highest BCUT2D eigenvalue weighted by Crippen LogP contribution is 2.32. The summed E-state index contributed by atoms with van der Waals surface area (Å²) in [7, 11) is 0. The van der Waals surface area contributed by atoms with Crippen LogP contribution in [0.1, 0.15) is 12.8 Å². The Morgan fingerprint density at radius 2 is 1.94 bits per heavy atom. The van der Waals surface area contributed by atoms with Crippen LogP contribution >= 0.6 is 0 Å².